The van der Waals surface area contributed by atoms with Crippen LogP contribution < -0.4 is 5.32 Å². The van der Waals surface area contributed by atoms with Crippen LogP contribution in [0.2, 0.25) is 0 Å². The molecular weight excluding hydrogens is 349 g/mol. The summed E-state index contributed by atoms with van der Waals surface area (Å²) in [6.07, 6.45) is 1.41. The summed E-state index contributed by atoms with van der Waals surface area (Å²) in [6.45, 7) is -0.596. The number of benzene rings is 1. The Kier molecular flexibility index (Phi) is 5.30. The van der Waals surface area contributed by atoms with Crippen LogP contribution in [0.5, 0.6) is 0 Å². The molecule has 6 nitrogen and oxygen atoms in total. The molecule has 0 unspecified atom stereocenters. The van der Waals surface area contributed by atoms with E-state index in [-0.39, 0.29) is 6.54 Å². The van der Waals surface area contributed by atoms with Gasteiger partial charge in [-0.1, -0.05) is 0 Å². The highest BCUT2D eigenvalue weighted by Gasteiger charge is 2.29. The van der Waals surface area contributed by atoms with Crippen molar-refractivity contribution in [3.8, 4) is 0 Å². The number of sulfonamides is 1. The average Bonchev–Trinajstić information content (AvgIpc) is 3.03. The first-order chi connectivity index (χ1) is 11.2. The first kappa shape index (κ1) is 18.0. The van der Waals surface area contributed by atoms with Gasteiger partial charge in [0.2, 0.25) is 15.9 Å². The number of furan rings is 1. The molecule has 1 aromatic heterocycles. The monoisotopic (exact) mass is 362 g/mol. The fourth-order valence-electron chi connectivity index (χ4n) is 1.82. The Morgan fingerprint density at radius 1 is 1.21 bits per heavy atom. The van der Waals surface area contributed by atoms with Crippen molar-refractivity contribution in [1.82, 2.24) is 9.62 Å². The summed E-state index contributed by atoms with van der Waals surface area (Å²) in [5, 5.41) is 2.41. The van der Waals surface area contributed by atoms with Gasteiger partial charge in [-0.25, -0.2) is 21.6 Å². The van der Waals surface area contributed by atoms with Crippen LogP contribution in [0.4, 0.5) is 13.2 Å². The molecule has 1 N–H and O–H groups in total. The summed E-state index contributed by atoms with van der Waals surface area (Å²) in [6, 6.07) is 4.32. The van der Waals surface area contributed by atoms with E-state index < -0.39 is 44.8 Å². The third-order valence-electron chi connectivity index (χ3n) is 3.09. The largest absolute Gasteiger partial charge is 0.467 e. The lowest BCUT2D eigenvalue weighted by Gasteiger charge is -2.17. The van der Waals surface area contributed by atoms with Gasteiger partial charge >= 0.3 is 0 Å². The van der Waals surface area contributed by atoms with Crippen LogP contribution in [0, 0.1) is 17.5 Å². The molecule has 10 heteroatoms. The number of nitrogens with one attached hydrogen (secondary N) is 1. The number of carbonyl (C=O) groups is 1. The zero-order valence-corrected chi connectivity index (χ0v) is 13.2. The minimum atomic E-state index is -4.51. The Morgan fingerprint density at radius 2 is 1.92 bits per heavy atom. The molecule has 130 valence electrons. The third-order valence-corrected chi connectivity index (χ3v) is 4.91. The van der Waals surface area contributed by atoms with Crippen LogP contribution in [-0.4, -0.2) is 32.2 Å². The SMILES string of the molecule is CN(CC(=O)NCc1ccco1)S(=O)(=O)c1ccc(F)c(F)c1F. The Bertz CT molecular complexity index is 838. The van der Waals surface area contributed by atoms with E-state index in [2.05, 4.69) is 5.32 Å². The molecule has 0 aliphatic rings. The fraction of sp³-hybridized carbons (Fsp3) is 0.214. The molecule has 0 bridgehead atoms. The number of rotatable bonds is 6. The number of carbonyl (C=O) groups excluding carboxylic acids is 1. The molecular formula is C14H13F3N2O4S. The van der Waals surface area contributed by atoms with E-state index in [0.29, 0.717) is 22.2 Å². The summed E-state index contributed by atoms with van der Waals surface area (Å²) in [4.78, 5) is 10.7. The number of nitrogens with zero attached hydrogens (tertiary/aromatic N) is 1. The van der Waals surface area contributed by atoms with Gasteiger partial charge < -0.3 is 9.73 Å². The van der Waals surface area contributed by atoms with Gasteiger partial charge in [-0.05, 0) is 24.3 Å². The van der Waals surface area contributed by atoms with Gasteiger partial charge in [0.1, 0.15) is 10.7 Å². The van der Waals surface area contributed by atoms with E-state index in [1.54, 1.807) is 12.1 Å². The molecule has 0 spiro atoms. The second kappa shape index (κ2) is 7.05. The lowest BCUT2D eigenvalue weighted by molar-refractivity contribution is -0.121. The molecule has 0 saturated carbocycles. The number of amides is 1. The molecule has 0 aliphatic heterocycles. The van der Waals surface area contributed by atoms with Crippen molar-refractivity contribution in [2.24, 2.45) is 0 Å². The number of hydrogen-bond donors (Lipinski definition) is 1. The molecule has 0 fully saturated rings. The molecule has 2 aromatic rings. The molecule has 1 aromatic carbocycles. The normalized spacial score (nSPS) is 11.7. The predicted molar refractivity (Wildman–Crippen MR) is 76.7 cm³/mol. The van der Waals surface area contributed by atoms with E-state index in [0.717, 1.165) is 7.05 Å². The first-order valence-electron chi connectivity index (χ1n) is 6.62. The maximum Gasteiger partial charge on any atom is 0.246 e. The minimum absolute atomic E-state index is 0.0409. The van der Waals surface area contributed by atoms with E-state index in [1.807, 2.05) is 0 Å². The van der Waals surface area contributed by atoms with Crippen molar-refractivity contribution in [2.75, 3.05) is 13.6 Å². The van der Waals surface area contributed by atoms with Gasteiger partial charge in [0.25, 0.3) is 0 Å². The van der Waals surface area contributed by atoms with Gasteiger partial charge in [-0.3, -0.25) is 4.79 Å². The lowest BCUT2D eigenvalue weighted by atomic mass is 10.3. The zero-order chi connectivity index (χ0) is 17.9. The third kappa shape index (κ3) is 3.77. The second-order valence-electron chi connectivity index (χ2n) is 4.79. The highest BCUT2D eigenvalue weighted by Crippen LogP contribution is 2.22. The zero-order valence-electron chi connectivity index (χ0n) is 12.4. The van der Waals surface area contributed by atoms with Gasteiger partial charge in [-0.15, -0.1) is 0 Å². The molecule has 1 amide bonds. The first-order valence-corrected chi connectivity index (χ1v) is 8.06. The van der Waals surface area contributed by atoms with Crippen molar-refractivity contribution in [3.63, 3.8) is 0 Å². The van der Waals surface area contributed by atoms with Crippen molar-refractivity contribution < 1.29 is 30.8 Å². The van der Waals surface area contributed by atoms with Crippen molar-refractivity contribution >= 4 is 15.9 Å². The number of likely N-dealkylation sites (N-methyl/N-ethyl adjacent to an activating group) is 1. The fourth-order valence-corrected chi connectivity index (χ4v) is 3.00. The van der Waals surface area contributed by atoms with Crippen molar-refractivity contribution in [1.29, 1.82) is 0 Å². The Balaban J connectivity index is 2.09. The molecule has 0 atom stereocenters. The van der Waals surface area contributed by atoms with Crippen LogP contribution in [0.15, 0.2) is 39.8 Å². The Hall–Kier alpha value is -2.33. The molecule has 0 saturated heterocycles. The van der Waals surface area contributed by atoms with Crippen LogP contribution in [0.1, 0.15) is 5.76 Å². The quantitative estimate of drug-likeness (QED) is 0.793. The average molecular weight is 362 g/mol. The van der Waals surface area contributed by atoms with Gasteiger partial charge in [0, 0.05) is 7.05 Å². The van der Waals surface area contributed by atoms with E-state index in [1.165, 1.54) is 6.26 Å². The van der Waals surface area contributed by atoms with Gasteiger partial charge in [0.15, 0.2) is 17.5 Å². The molecule has 0 radical (unpaired) electrons. The van der Waals surface area contributed by atoms with Crippen LogP contribution >= 0.6 is 0 Å². The van der Waals surface area contributed by atoms with Crippen molar-refractivity contribution in [3.05, 3.63) is 53.7 Å². The predicted octanol–water partition coefficient (Wildman–Crippen LogP) is 1.63. The standard InChI is InChI=1S/C14H13F3N2O4S/c1-19(8-12(20)18-7-9-3-2-6-23-9)24(21,22)11-5-4-10(15)13(16)14(11)17/h2-6H,7-8H2,1H3,(H,18,20). The van der Waals surface area contributed by atoms with E-state index in [4.69, 9.17) is 4.42 Å². The second-order valence-corrected chi connectivity index (χ2v) is 6.80. The highest BCUT2D eigenvalue weighted by molar-refractivity contribution is 7.89. The smallest absolute Gasteiger partial charge is 0.246 e. The summed E-state index contributed by atoms with van der Waals surface area (Å²) >= 11 is 0. The maximum atomic E-state index is 13.7. The van der Waals surface area contributed by atoms with Gasteiger partial charge in [0.05, 0.1) is 19.4 Å². The highest BCUT2D eigenvalue weighted by atomic mass is 32.2. The molecule has 2 rings (SSSR count). The van der Waals surface area contributed by atoms with Gasteiger partial charge in [-0.2, -0.15) is 4.31 Å². The van der Waals surface area contributed by atoms with E-state index >= 15 is 0 Å². The lowest BCUT2D eigenvalue weighted by Crippen LogP contribution is -2.38. The van der Waals surface area contributed by atoms with Crippen LogP contribution in [0.25, 0.3) is 0 Å². The molecule has 24 heavy (non-hydrogen) atoms. The summed E-state index contributed by atoms with van der Waals surface area (Å²) in [5.74, 6) is -5.46. The topological polar surface area (TPSA) is 79.6 Å². The molecule has 1 heterocycles. The van der Waals surface area contributed by atoms with Crippen LogP contribution in [0.3, 0.4) is 0 Å². The number of hydrogen-bond acceptors (Lipinski definition) is 4. The number of halogens is 3. The minimum Gasteiger partial charge on any atom is -0.467 e. The summed E-state index contributed by atoms with van der Waals surface area (Å²) < 4.78 is 69.6. The van der Waals surface area contributed by atoms with E-state index in [9.17, 15) is 26.4 Å². The maximum absolute atomic E-state index is 13.7. The Morgan fingerprint density at radius 3 is 2.54 bits per heavy atom. The summed E-state index contributed by atoms with van der Waals surface area (Å²) in [5.41, 5.74) is 0. The summed E-state index contributed by atoms with van der Waals surface area (Å²) in [7, 11) is -3.49. The van der Waals surface area contributed by atoms with Crippen molar-refractivity contribution in [2.45, 2.75) is 11.4 Å². The van der Waals surface area contributed by atoms with Crippen LogP contribution in [-0.2, 0) is 21.4 Å². The molecule has 0 aliphatic carbocycles. The Labute approximate surface area is 135 Å².